The fourth-order valence-electron chi connectivity index (χ4n) is 2.09. The van der Waals surface area contributed by atoms with Crippen molar-refractivity contribution in [2.75, 3.05) is 24.6 Å². The fraction of sp³-hybridized carbons (Fsp3) is 0.429. The Morgan fingerprint density at radius 1 is 1.29 bits per heavy atom. The second-order valence-electron chi connectivity index (χ2n) is 4.15. The zero-order valence-electron chi connectivity index (χ0n) is 9.79. The first-order valence-electron chi connectivity index (χ1n) is 5.92. The van der Waals surface area contributed by atoms with Crippen LogP contribution in [0.2, 0.25) is 0 Å². The summed E-state index contributed by atoms with van der Waals surface area (Å²) < 4.78 is 19.1. The molecule has 0 aliphatic carbocycles. The normalized spacial score (nSPS) is 15.4. The van der Waals surface area contributed by atoms with Crippen molar-refractivity contribution in [3.63, 3.8) is 0 Å². The van der Waals surface area contributed by atoms with Crippen LogP contribution in [0.5, 0.6) is 5.75 Å². The van der Waals surface area contributed by atoms with Crippen LogP contribution >= 0.6 is 0 Å². The van der Waals surface area contributed by atoms with Gasteiger partial charge in [-0.25, -0.2) is 4.39 Å². The highest BCUT2D eigenvalue weighted by Gasteiger charge is 2.15. The first-order chi connectivity index (χ1) is 8.31. The average molecular weight is 233 g/mol. The van der Waals surface area contributed by atoms with Gasteiger partial charge in [-0.1, -0.05) is 5.92 Å². The molecule has 0 amide bonds. The second-order valence-corrected chi connectivity index (χ2v) is 4.15. The van der Waals surface area contributed by atoms with Crippen LogP contribution in [0.3, 0.4) is 0 Å². The summed E-state index contributed by atoms with van der Waals surface area (Å²) in [4.78, 5) is 2.09. The Hall–Kier alpha value is -1.69. The molecule has 0 N–H and O–H groups in total. The topological polar surface area (TPSA) is 12.5 Å². The summed E-state index contributed by atoms with van der Waals surface area (Å²) in [5.41, 5.74) is 0.665. The van der Waals surface area contributed by atoms with E-state index in [-0.39, 0.29) is 12.4 Å². The van der Waals surface area contributed by atoms with E-state index in [9.17, 15) is 4.39 Å². The van der Waals surface area contributed by atoms with Crippen LogP contribution in [0, 0.1) is 18.2 Å². The summed E-state index contributed by atoms with van der Waals surface area (Å²) in [5, 5.41) is 0. The van der Waals surface area contributed by atoms with E-state index in [4.69, 9.17) is 11.2 Å². The lowest BCUT2D eigenvalue weighted by atomic mass is 10.1. The van der Waals surface area contributed by atoms with E-state index < -0.39 is 0 Å². The number of hydrogen-bond donors (Lipinski definition) is 0. The van der Waals surface area contributed by atoms with Gasteiger partial charge in [0.05, 0.1) is 5.69 Å². The molecule has 1 saturated heterocycles. The maximum Gasteiger partial charge on any atom is 0.150 e. The first kappa shape index (κ1) is 11.8. The minimum atomic E-state index is -0.235. The molecule has 0 bridgehead atoms. The van der Waals surface area contributed by atoms with E-state index >= 15 is 0 Å². The molecule has 0 unspecified atom stereocenters. The Kier molecular flexibility index (Phi) is 3.87. The molecular weight excluding hydrogens is 217 g/mol. The molecule has 0 atom stereocenters. The number of anilines is 1. The number of piperidine rings is 1. The van der Waals surface area contributed by atoms with Gasteiger partial charge in [-0.15, -0.1) is 6.42 Å². The SMILES string of the molecule is C#CCOc1ccc(N2CCCCC2)c(F)c1. The monoisotopic (exact) mass is 233 g/mol. The maximum absolute atomic E-state index is 13.9. The first-order valence-corrected chi connectivity index (χ1v) is 5.92. The van der Waals surface area contributed by atoms with Gasteiger partial charge < -0.3 is 9.64 Å². The summed E-state index contributed by atoms with van der Waals surface area (Å²) in [5.74, 6) is 2.61. The van der Waals surface area contributed by atoms with Crippen LogP contribution in [-0.4, -0.2) is 19.7 Å². The molecule has 1 fully saturated rings. The Labute approximate surface area is 101 Å². The predicted octanol–water partition coefficient (Wildman–Crippen LogP) is 2.83. The summed E-state index contributed by atoms with van der Waals surface area (Å²) in [6.45, 7) is 2.03. The molecule has 0 spiro atoms. The summed E-state index contributed by atoms with van der Waals surface area (Å²) in [6.07, 6.45) is 8.59. The Morgan fingerprint density at radius 2 is 2.06 bits per heavy atom. The number of hydrogen-bond acceptors (Lipinski definition) is 2. The molecule has 3 heteroatoms. The molecule has 0 radical (unpaired) electrons. The number of ether oxygens (including phenoxy) is 1. The van der Waals surface area contributed by atoms with Crippen LogP contribution in [0.4, 0.5) is 10.1 Å². The minimum Gasteiger partial charge on any atom is -0.481 e. The average Bonchev–Trinajstić information content (AvgIpc) is 2.37. The smallest absolute Gasteiger partial charge is 0.150 e. The van der Waals surface area contributed by atoms with E-state index in [0.29, 0.717) is 11.4 Å². The molecule has 1 aromatic carbocycles. The van der Waals surface area contributed by atoms with Crippen molar-refractivity contribution in [3.8, 4) is 18.1 Å². The van der Waals surface area contributed by atoms with E-state index in [0.717, 1.165) is 25.9 Å². The lowest BCUT2D eigenvalue weighted by molar-refractivity contribution is 0.368. The van der Waals surface area contributed by atoms with Crippen molar-refractivity contribution in [2.45, 2.75) is 19.3 Å². The summed E-state index contributed by atoms with van der Waals surface area (Å²) >= 11 is 0. The van der Waals surface area contributed by atoms with E-state index in [1.165, 1.54) is 12.5 Å². The van der Waals surface area contributed by atoms with E-state index in [1.807, 2.05) is 0 Å². The molecule has 1 aliphatic heterocycles. The number of halogens is 1. The second kappa shape index (κ2) is 5.58. The molecule has 2 nitrogen and oxygen atoms in total. The van der Waals surface area contributed by atoms with Crippen molar-refractivity contribution in [1.29, 1.82) is 0 Å². The van der Waals surface area contributed by atoms with E-state index in [2.05, 4.69) is 10.8 Å². The third-order valence-electron chi connectivity index (χ3n) is 2.94. The van der Waals surface area contributed by atoms with Crippen molar-refractivity contribution < 1.29 is 9.13 Å². The summed E-state index contributed by atoms with van der Waals surface area (Å²) in [6, 6.07) is 4.94. The van der Waals surface area contributed by atoms with Crippen molar-refractivity contribution >= 4 is 5.69 Å². The molecule has 1 heterocycles. The highest BCUT2D eigenvalue weighted by molar-refractivity contribution is 5.50. The predicted molar refractivity (Wildman–Crippen MR) is 66.8 cm³/mol. The molecular formula is C14H16FNO. The minimum absolute atomic E-state index is 0.169. The highest BCUT2D eigenvalue weighted by Crippen LogP contribution is 2.26. The number of terminal acetylenes is 1. The number of nitrogens with zero attached hydrogens (tertiary/aromatic N) is 1. The van der Waals surface area contributed by atoms with Crippen LogP contribution in [-0.2, 0) is 0 Å². The standard InChI is InChI=1S/C14H16FNO/c1-2-10-17-12-6-7-14(13(15)11-12)16-8-4-3-5-9-16/h1,6-7,11H,3-5,8-10H2. The number of benzene rings is 1. The zero-order chi connectivity index (χ0) is 12.1. The van der Waals surface area contributed by atoms with Crippen LogP contribution in [0.15, 0.2) is 18.2 Å². The van der Waals surface area contributed by atoms with Crippen LogP contribution in [0.25, 0.3) is 0 Å². The van der Waals surface area contributed by atoms with Crippen molar-refractivity contribution in [3.05, 3.63) is 24.0 Å². The van der Waals surface area contributed by atoms with Gasteiger partial charge in [0.25, 0.3) is 0 Å². The summed E-state index contributed by atoms with van der Waals surface area (Å²) in [7, 11) is 0. The third kappa shape index (κ3) is 2.91. The van der Waals surface area contributed by atoms with Gasteiger partial charge >= 0.3 is 0 Å². The zero-order valence-corrected chi connectivity index (χ0v) is 9.79. The Balaban J connectivity index is 2.10. The molecule has 17 heavy (non-hydrogen) atoms. The highest BCUT2D eigenvalue weighted by atomic mass is 19.1. The third-order valence-corrected chi connectivity index (χ3v) is 2.94. The largest absolute Gasteiger partial charge is 0.481 e. The lowest BCUT2D eigenvalue weighted by Crippen LogP contribution is -2.30. The molecule has 1 aromatic rings. The molecule has 90 valence electrons. The van der Waals surface area contributed by atoms with Crippen LogP contribution in [0.1, 0.15) is 19.3 Å². The van der Waals surface area contributed by atoms with Crippen molar-refractivity contribution in [2.24, 2.45) is 0 Å². The van der Waals surface area contributed by atoms with Gasteiger partial charge in [0, 0.05) is 19.2 Å². The van der Waals surface area contributed by atoms with Crippen molar-refractivity contribution in [1.82, 2.24) is 0 Å². The van der Waals surface area contributed by atoms with Gasteiger partial charge in [-0.05, 0) is 31.4 Å². The molecule has 1 aliphatic rings. The van der Waals surface area contributed by atoms with Gasteiger partial charge in [0.2, 0.25) is 0 Å². The van der Waals surface area contributed by atoms with Gasteiger partial charge in [0.1, 0.15) is 18.2 Å². The Morgan fingerprint density at radius 3 is 2.71 bits per heavy atom. The molecule has 2 rings (SSSR count). The van der Waals surface area contributed by atoms with Gasteiger partial charge in [-0.2, -0.15) is 0 Å². The fourth-order valence-corrected chi connectivity index (χ4v) is 2.09. The Bertz CT molecular complexity index is 419. The van der Waals surface area contributed by atoms with Crippen LogP contribution < -0.4 is 9.64 Å². The maximum atomic E-state index is 13.9. The van der Waals surface area contributed by atoms with Gasteiger partial charge in [0.15, 0.2) is 0 Å². The number of rotatable bonds is 3. The van der Waals surface area contributed by atoms with E-state index in [1.54, 1.807) is 12.1 Å². The molecule has 0 aromatic heterocycles. The lowest BCUT2D eigenvalue weighted by Gasteiger charge is -2.29. The van der Waals surface area contributed by atoms with Gasteiger partial charge in [-0.3, -0.25) is 0 Å². The molecule has 0 saturated carbocycles. The quantitative estimate of drug-likeness (QED) is 0.744.